The van der Waals surface area contributed by atoms with Gasteiger partial charge in [-0.05, 0) is 36.6 Å². The zero-order valence-corrected chi connectivity index (χ0v) is 16.4. The van der Waals surface area contributed by atoms with Crippen LogP contribution >= 0.6 is 0 Å². The first-order chi connectivity index (χ1) is 14.7. The maximum absolute atomic E-state index is 14.0. The molecule has 0 spiro atoms. The SMILES string of the molecule is O=C(OCc1ccccc1)N1CCC[C@H](Nc2nccc(-c3cccnc3F)n2)C1. The number of benzene rings is 1. The molecule has 1 aromatic carbocycles. The van der Waals surface area contributed by atoms with E-state index in [1.54, 1.807) is 29.3 Å². The van der Waals surface area contributed by atoms with E-state index in [1.807, 2.05) is 30.3 Å². The van der Waals surface area contributed by atoms with Gasteiger partial charge in [0.15, 0.2) is 0 Å². The van der Waals surface area contributed by atoms with Crippen LogP contribution in [0.25, 0.3) is 11.3 Å². The number of carbonyl (C=O) groups excluding carboxylic acids is 1. The van der Waals surface area contributed by atoms with Crippen molar-refractivity contribution in [2.75, 3.05) is 18.4 Å². The van der Waals surface area contributed by atoms with Gasteiger partial charge in [-0.1, -0.05) is 30.3 Å². The van der Waals surface area contributed by atoms with Crippen molar-refractivity contribution in [1.82, 2.24) is 19.9 Å². The van der Waals surface area contributed by atoms with E-state index >= 15 is 0 Å². The third kappa shape index (κ3) is 4.89. The van der Waals surface area contributed by atoms with Gasteiger partial charge in [-0.25, -0.2) is 19.7 Å². The van der Waals surface area contributed by atoms with E-state index in [9.17, 15) is 9.18 Å². The summed E-state index contributed by atoms with van der Waals surface area (Å²) < 4.78 is 19.4. The number of piperidine rings is 1. The fourth-order valence-corrected chi connectivity index (χ4v) is 3.41. The molecule has 4 rings (SSSR count). The maximum atomic E-state index is 14.0. The Balaban J connectivity index is 1.36. The van der Waals surface area contributed by atoms with Gasteiger partial charge in [0.25, 0.3) is 0 Å². The third-order valence-corrected chi connectivity index (χ3v) is 4.91. The Morgan fingerprint density at radius 1 is 1.13 bits per heavy atom. The number of nitrogens with one attached hydrogen (secondary N) is 1. The fraction of sp³-hybridized carbons (Fsp3) is 0.273. The number of anilines is 1. The molecule has 154 valence electrons. The van der Waals surface area contributed by atoms with Crippen molar-refractivity contribution in [3.8, 4) is 11.3 Å². The molecule has 0 bridgehead atoms. The minimum Gasteiger partial charge on any atom is -0.445 e. The lowest BCUT2D eigenvalue weighted by atomic mass is 10.1. The molecule has 1 fully saturated rings. The standard InChI is InChI=1S/C22H22FN5O2/c23-20-18(9-4-11-24-20)19-10-12-25-21(27-19)26-17-8-5-13-28(14-17)22(29)30-15-16-6-2-1-3-7-16/h1-4,6-7,9-12,17H,5,8,13-15H2,(H,25,26,27)/t17-/m0/s1. The first-order valence-corrected chi connectivity index (χ1v) is 9.85. The van der Waals surface area contributed by atoms with E-state index in [1.165, 1.54) is 6.20 Å². The van der Waals surface area contributed by atoms with E-state index in [0.29, 0.717) is 30.3 Å². The highest BCUT2D eigenvalue weighted by Gasteiger charge is 2.25. The summed E-state index contributed by atoms with van der Waals surface area (Å²) in [6.45, 7) is 1.38. The average Bonchev–Trinajstić information content (AvgIpc) is 2.79. The van der Waals surface area contributed by atoms with Crippen molar-refractivity contribution in [3.05, 3.63) is 72.4 Å². The number of hydrogen-bond donors (Lipinski definition) is 1. The molecule has 8 heteroatoms. The number of carbonyl (C=O) groups is 1. The Bertz CT molecular complexity index is 1000. The van der Waals surface area contributed by atoms with Crippen LogP contribution in [0.15, 0.2) is 60.9 Å². The Morgan fingerprint density at radius 2 is 2.00 bits per heavy atom. The van der Waals surface area contributed by atoms with Gasteiger partial charge in [-0.2, -0.15) is 4.39 Å². The lowest BCUT2D eigenvalue weighted by Crippen LogP contribution is -2.45. The summed E-state index contributed by atoms with van der Waals surface area (Å²) in [6, 6.07) is 14.5. The number of aromatic nitrogens is 3. The fourth-order valence-electron chi connectivity index (χ4n) is 3.41. The number of ether oxygens (including phenoxy) is 1. The molecule has 1 atom stereocenters. The summed E-state index contributed by atoms with van der Waals surface area (Å²) in [5.41, 5.74) is 1.72. The molecule has 1 amide bonds. The largest absolute Gasteiger partial charge is 0.445 e. The quantitative estimate of drug-likeness (QED) is 0.647. The molecule has 1 aliphatic rings. The van der Waals surface area contributed by atoms with Gasteiger partial charge in [0.1, 0.15) is 6.61 Å². The van der Waals surface area contributed by atoms with Gasteiger partial charge in [-0.15, -0.1) is 0 Å². The monoisotopic (exact) mass is 407 g/mol. The number of hydrogen-bond acceptors (Lipinski definition) is 6. The highest BCUT2D eigenvalue weighted by Crippen LogP contribution is 2.21. The van der Waals surface area contributed by atoms with Crippen molar-refractivity contribution in [2.24, 2.45) is 0 Å². The van der Waals surface area contributed by atoms with Crippen LogP contribution in [0.3, 0.4) is 0 Å². The van der Waals surface area contributed by atoms with Crippen molar-refractivity contribution >= 4 is 12.0 Å². The highest BCUT2D eigenvalue weighted by atomic mass is 19.1. The average molecular weight is 407 g/mol. The number of pyridine rings is 1. The normalized spacial score (nSPS) is 16.2. The van der Waals surface area contributed by atoms with Crippen LogP contribution < -0.4 is 5.32 Å². The number of amides is 1. The highest BCUT2D eigenvalue weighted by molar-refractivity contribution is 5.68. The number of halogens is 1. The lowest BCUT2D eigenvalue weighted by Gasteiger charge is -2.32. The Labute approximate surface area is 174 Å². The number of rotatable bonds is 5. The molecule has 2 aromatic heterocycles. The van der Waals surface area contributed by atoms with Crippen LogP contribution in [-0.4, -0.2) is 45.1 Å². The molecule has 1 saturated heterocycles. The van der Waals surface area contributed by atoms with E-state index in [0.717, 1.165) is 18.4 Å². The topological polar surface area (TPSA) is 80.2 Å². The third-order valence-electron chi connectivity index (χ3n) is 4.91. The Morgan fingerprint density at radius 3 is 2.83 bits per heavy atom. The van der Waals surface area contributed by atoms with Crippen LogP contribution in [0.2, 0.25) is 0 Å². The van der Waals surface area contributed by atoms with E-state index in [-0.39, 0.29) is 18.7 Å². The minimum atomic E-state index is -0.577. The second-order valence-electron chi connectivity index (χ2n) is 7.08. The molecular formula is C22H22FN5O2. The zero-order chi connectivity index (χ0) is 20.8. The van der Waals surface area contributed by atoms with Gasteiger partial charge in [-0.3, -0.25) is 0 Å². The van der Waals surface area contributed by atoms with Crippen molar-refractivity contribution < 1.29 is 13.9 Å². The van der Waals surface area contributed by atoms with E-state index in [2.05, 4.69) is 20.3 Å². The molecule has 30 heavy (non-hydrogen) atoms. The molecule has 7 nitrogen and oxygen atoms in total. The zero-order valence-electron chi connectivity index (χ0n) is 16.4. The lowest BCUT2D eigenvalue weighted by molar-refractivity contribution is 0.0874. The molecule has 1 aliphatic heterocycles. The smallest absolute Gasteiger partial charge is 0.410 e. The summed E-state index contributed by atoms with van der Waals surface area (Å²) in [5.74, 6) is -0.188. The van der Waals surface area contributed by atoms with Gasteiger partial charge >= 0.3 is 6.09 Å². The van der Waals surface area contributed by atoms with Gasteiger partial charge < -0.3 is 15.0 Å². The second kappa shape index (κ2) is 9.30. The second-order valence-corrected chi connectivity index (χ2v) is 7.08. The minimum absolute atomic E-state index is 0.0166. The first-order valence-electron chi connectivity index (χ1n) is 9.85. The molecule has 1 N–H and O–H groups in total. The van der Waals surface area contributed by atoms with E-state index in [4.69, 9.17) is 4.74 Å². The van der Waals surface area contributed by atoms with Crippen molar-refractivity contribution in [3.63, 3.8) is 0 Å². The van der Waals surface area contributed by atoms with Gasteiger partial charge in [0.05, 0.1) is 11.3 Å². The van der Waals surface area contributed by atoms with Gasteiger partial charge in [0, 0.05) is 31.5 Å². The summed E-state index contributed by atoms with van der Waals surface area (Å²) in [6.07, 6.45) is 4.35. The van der Waals surface area contributed by atoms with Crippen LogP contribution in [0.5, 0.6) is 0 Å². The predicted molar refractivity (Wildman–Crippen MR) is 110 cm³/mol. The maximum Gasteiger partial charge on any atom is 0.410 e. The predicted octanol–water partition coefficient (Wildman–Crippen LogP) is 3.89. The number of likely N-dealkylation sites (tertiary alicyclic amines) is 1. The molecule has 3 aromatic rings. The van der Waals surface area contributed by atoms with Crippen molar-refractivity contribution in [2.45, 2.75) is 25.5 Å². The molecule has 0 saturated carbocycles. The number of nitrogens with zero attached hydrogens (tertiary/aromatic N) is 4. The van der Waals surface area contributed by atoms with E-state index < -0.39 is 5.95 Å². The summed E-state index contributed by atoms with van der Waals surface area (Å²) in [5, 5.41) is 3.25. The molecular weight excluding hydrogens is 385 g/mol. The Kier molecular flexibility index (Phi) is 6.12. The van der Waals surface area contributed by atoms with Crippen LogP contribution in [0.1, 0.15) is 18.4 Å². The van der Waals surface area contributed by atoms with Gasteiger partial charge in [0.2, 0.25) is 11.9 Å². The van der Waals surface area contributed by atoms with Crippen LogP contribution in [0.4, 0.5) is 15.1 Å². The first kappa shape index (κ1) is 19.8. The molecule has 0 unspecified atom stereocenters. The molecule has 3 heterocycles. The Hall–Kier alpha value is -3.55. The van der Waals surface area contributed by atoms with Crippen LogP contribution in [-0.2, 0) is 11.3 Å². The summed E-state index contributed by atoms with van der Waals surface area (Å²) in [7, 11) is 0. The van der Waals surface area contributed by atoms with Crippen molar-refractivity contribution in [1.29, 1.82) is 0 Å². The van der Waals surface area contributed by atoms with Crippen LogP contribution in [0, 0.1) is 5.95 Å². The molecule has 0 radical (unpaired) electrons. The summed E-state index contributed by atoms with van der Waals surface area (Å²) in [4.78, 5) is 26.4. The summed E-state index contributed by atoms with van der Waals surface area (Å²) >= 11 is 0. The molecule has 0 aliphatic carbocycles.